The number of phenols is 2. The van der Waals surface area contributed by atoms with Gasteiger partial charge in [0.15, 0.2) is 0 Å². The molecular formula is C91H148O8S2. The summed E-state index contributed by atoms with van der Waals surface area (Å²) in [4.78, 5) is 27.7. The Morgan fingerprint density at radius 3 is 0.901 bits per heavy atom. The molecule has 0 saturated carbocycles. The largest absolute Gasteiger partial charge is 0.507 e. The smallest absolute Gasteiger partial charge is 0.306 e. The molecule has 2 unspecified atom stereocenters. The fourth-order valence-electron chi connectivity index (χ4n) is 14.5. The molecule has 0 spiro atoms. The number of ether oxygens (including phenoxy) is 4. The molecule has 4 aromatic rings. The maximum atomic E-state index is 13.9. The second-order valence-electron chi connectivity index (χ2n) is 32.0. The molecule has 0 radical (unpaired) electrons. The van der Waals surface area contributed by atoms with Crippen LogP contribution in [0.15, 0.2) is 60.7 Å². The first-order valence-electron chi connectivity index (χ1n) is 41.4. The molecule has 4 rings (SSSR count). The standard InChI is InChI=1S/C91H148O8S2/c1-15-21-23-25-27-29-31-33-35-37-39-41-43-45-47-49-63-100-69-77(98-85(92)61-51-71-65-83(89(7,8)9)87(94)81(19-5)79(71)17-3)67-96-75-57-53-73(54-58-75)91(13,14)74-55-59-76(60-56-74)97-68-78(70-101-64-50-48-46-44-42-40-38-36-34-32-30-28-26-24-22-16-2)99-86(93)62-52-72-66-84(90(10,11)12)88(95)82(20-6)80(72)18-4/h53-60,65-66,77-78,94-95H,15-52,61-64,67-70H2,1-14H3. The Morgan fingerprint density at radius 1 is 0.376 bits per heavy atom. The van der Waals surface area contributed by atoms with Gasteiger partial charge in [0.1, 0.15) is 48.4 Å². The third kappa shape index (κ3) is 34.7. The molecule has 8 nitrogen and oxygen atoms in total. The molecular weight excluding hydrogens is 1290 g/mol. The van der Waals surface area contributed by atoms with E-state index in [1.165, 1.54) is 193 Å². The fraction of sp³-hybridized carbons (Fsp3) is 0.714. The third-order valence-electron chi connectivity index (χ3n) is 21.0. The average molecular weight is 1430 g/mol. The molecule has 0 amide bonds. The Morgan fingerprint density at radius 2 is 0.644 bits per heavy atom. The van der Waals surface area contributed by atoms with Crippen molar-refractivity contribution in [1.29, 1.82) is 0 Å². The van der Waals surface area contributed by atoms with Crippen LogP contribution in [0.25, 0.3) is 0 Å². The predicted octanol–water partition coefficient (Wildman–Crippen LogP) is 26.1. The first-order chi connectivity index (χ1) is 48.6. The minimum absolute atomic E-state index is 0.220. The first-order valence-corrected chi connectivity index (χ1v) is 43.7. The van der Waals surface area contributed by atoms with Crippen LogP contribution in [0, 0.1) is 0 Å². The number of carbonyl (C=O) groups excluding carboxylic acids is 2. The molecule has 0 saturated heterocycles. The van der Waals surface area contributed by atoms with Gasteiger partial charge in [0, 0.05) is 29.8 Å². The van der Waals surface area contributed by atoms with E-state index in [4.69, 9.17) is 18.9 Å². The number of thioether (sulfide) groups is 2. The zero-order valence-electron chi connectivity index (χ0n) is 67.1. The number of rotatable bonds is 58. The van der Waals surface area contributed by atoms with Crippen LogP contribution in [-0.2, 0) is 73.8 Å². The highest BCUT2D eigenvalue weighted by atomic mass is 32.2. The Bertz CT molecular complexity index is 2650. The van der Waals surface area contributed by atoms with Crippen molar-refractivity contribution in [3.8, 4) is 23.0 Å². The van der Waals surface area contributed by atoms with Gasteiger partial charge in [-0.15, -0.1) is 0 Å². The van der Waals surface area contributed by atoms with Crippen LogP contribution in [-0.4, -0.2) is 70.6 Å². The highest BCUT2D eigenvalue weighted by Gasteiger charge is 2.28. The summed E-state index contributed by atoms with van der Waals surface area (Å²) < 4.78 is 25.6. The Labute approximate surface area is 628 Å². The summed E-state index contributed by atoms with van der Waals surface area (Å²) in [6, 6.07) is 20.9. The summed E-state index contributed by atoms with van der Waals surface area (Å²) in [5, 5.41) is 22.7. The SMILES string of the molecule is CCCCCCCCCCCCCCCCCCSCC(COc1ccc(C(C)(C)c2ccc(OCC(CSCCCCCCCCCCCCCCCCCC)OC(=O)CCc3cc(C(C)(C)C)c(O)c(CC)c3CC)cc2)cc1)OC(=O)CCc1cc(C(C)(C)C)c(O)c(CC)c1CC. The van der Waals surface area contributed by atoms with E-state index in [1.54, 1.807) is 0 Å². The lowest BCUT2D eigenvalue weighted by atomic mass is 9.78. The zero-order chi connectivity index (χ0) is 73.7. The molecule has 0 aromatic heterocycles. The van der Waals surface area contributed by atoms with Gasteiger partial charge in [0.25, 0.3) is 0 Å². The molecule has 2 atom stereocenters. The molecule has 0 heterocycles. The van der Waals surface area contributed by atoms with Crippen molar-refractivity contribution >= 4 is 35.5 Å². The quantitative estimate of drug-likeness (QED) is 0.0327. The summed E-state index contributed by atoms with van der Waals surface area (Å²) >= 11 is 3.72. The van der Waals surface area contributed by atoms with E-state index in [-0.39, 0.29) is 54.2 Å². The van der Waals surface area contributed by atoms with Crippen LogP contribution >= 0.6 is 23.5 Å². The predicted molar refractivity (Wildman–Crippen MR) is 437 cm³/mol. The fourth-order valence-corrected chi connectivity index (χ4v) is 16.5. The number of hydrogen-bond acceptors (Lipinski definition) is 10. The topological polar surface area (TPSA) is 112 Å². The Kier molecular flexibility index (Phi) is 45.0. The minimum atomic E-state index is -0.399. The monoisotopic (exact) mass is 1430 g/mol. The van der Waals surface area contributed by atoms with Crippen molar-refractivity contribution in [2.75, 3.05) is 36.2 Å². The Hall–Kier alpha value is -4.28. The maximum Gasteiger partial charge on any atom is 0.306 e. The van der Waals surface area contributed by atoms with Crippen molar-refractivity contribution in [3.05, 3.63) is 116 Å². The van der Waals surface area contributed by atoms with E-state index in [9.17, 15) is 19.8 Å². The van der Waals surface area contributed by atoms with E-state index in [1.807, 2.05) is 47.8 Å². The number of aryl methyl sites for hydroxylation is 2. The second kappa shape index (κ2) is 51.0. The molecule has 0 fully saturated rings. The van der Waals surface area contributed by atoms with E-state index in [0.29, 0.717) is 35.8 Å². The van der Waals surface area contributed by atoms with Crippen LogP contribution in [0.2, 0.25) is 0 Å². The van der Waals surface area contributed by atoms with Crippen LogP contribution in [0.3, 0.4) is 0 Å². The van der Waals surface area contributed by atoms with Crippen LogP contribution < -0.4 is 9.47 Å². The molecule has 0 aliphatic heterocycles. The number of aromatic hydroxyl groups is 2. The molecule has 4 aromatic carbocycles. The summed E-state index contributed by atoms with van der Waals surface area (Å²) in [6.45, 7) is 30.8. The maximum absolute atomic E-state index is 13.9. The van der Waals surface area contributed by atoms with Crippen molar-refractivity contribution in [3.63, 3.8) is 0 Å². The van der Waals surface area contributed by atoms with Crippen molar-refractivity contribution < 1.29 is 38.7 Å². The average Bonchev–Trinajstić information content (AvgIpc) is 0.778. The van der Waals surface area contributed by atoms with Gasteiger partial charge in [-0.05, 0) is 154 Å². The van der Waals surface area contributed by atoms with E-state index >= 15 is 0 Å². The lowest BCUT2D eigenvalue weighted by molar-refractivity contribution is -0.150. The van der Waals surface area contributed by atoms with Gasteiger partial charge in [-0.25, -0.2) is 0 Å². The highest BCUT2D eigenvalue weighted by Crippen LogP contribution is 2.41. The van der Waals surface area contributed by atoms with E-state index in [0.717, 1.165) is 117 Å². The van der Waals surface area contributed by atoms with Crippen molar-refractivity contribution in [1.82, 2.24) is 0 Å². The van der Waals surface area contributed by atoms with Gasteiger partial charge in [-0.1, -0.05) is 326 Å². The van der Waals surface area contributed by atoms with Gasteiger partial charge < -0.3 is 29.2 Å². The lowest BCUT2D eigenvalue weighted by Gasteiger charge is -2.27. The summed E-state index contributed by atoms with van der Waals surface area (Å²) in [5.41, 5.74) is 9.85. The summed E-state index contributed by atoms with van der Waals surface area (Å²) in [5.74, 6) is 5.23. The highest BCUT2D eigenvalue weighted by molar-refractivity contribution is 7.99. The van der Waals surface area contributed by atoms with Crippen LogP contribution in [0.5, 0.6) is 23.0 Å². The van der Waals surface area contributed by atoms with E-state index < -0.39 is 12.2 Å². The van der Waals surface area contributed by atoms with Crippen molar-refractivity contribution in [2.24, 2.45) is 0 Å². The zero-order valence-corrected chi connectivity index (χ0v) is 68.7. The van der Waals surface area contributed by atoms with Gasteiger partial charge in [0.2, 0.25) is 0 Å². The first kappa shape index (κ1) is 89.1. The van der Waals surface area contributed by atoms with Gasteiger partial charge in [0.05, 0.1) is 0 Å². The minimum Gasteiger partial charge on any atom is -0.507 e. The Balaban J connectivity index is 1.35. The van der Waals surface area contributed by atoms with Gasteiger partial charge in [-0.2, -0.15) is 23.5 Å². The van der Waals surface area contributed by atoms with Gasteiger partial charge in [-0.3, -0.25) is 9.59 Å². The molecule has 2 N–H and O–H groups in total. The third-order valence-corrected chi connectivity index (χ3v) is 23.3. The molecule has 10 heteroatoms. The van der Waals surface area contributed by atoms with E-state index in [2.05, 4.69) is 133 Å². The number of hydrogen-bond donors (Lipinski definition) is 2. The number of unbranched alkanes of at least 4 members (excludes halogenated alkanes) is 30. The molecule has 0 aliphatic rings. The normalized spacial score (nSPS) is 12.7. The number of esters is 2. The van der Waals surface area contributed by atoms with Crippen molar-refractivity contribution in [2.45, 2.75) is 382 Å². The second-order valence-corrected chi connectivity index (χ2v) is 34.3. The molecule has 101 heavy (non-hydrogen) atoms. The number of carbonyl (C=O) groups is 2. The van der Waals surface area contributed by atoms with Crippen LogP contribution in [0.4, 0.5) is 0 Å². The summed E-state index contributed by atoms with van der Waals surface area (Å²) in [6.07, 6.45) is 47.2. The number of benzene rings is 4. The molecule has 0 aliphatic carbocycles. The molecule has 0 bridgehead atoms. The van der Waals surface area contributed by atoms with Crippen LogP contribution in [0.1, 0.15) is 371 Å². The number of phenolic OH excluding ortho intramolecular Hbond substituents is 2. The van der Waals surface area contributed by atoms with Gasteiger partial charge >= 0.3 is 11.9 Å². The summed E-state index contributed by atoms with van der Waals surface area (Å²) in [7, 11) is 0. The molecule has 572 valence electrons. The lowest BCUT2D eigenvalue weighted by Crippen LogP contribution is -2.28.